The van der Waals surface area contributed by atoms with E-state index in [-0.39, 0.29) is 11.6 Å². The summed E-state index contributed by atoms with van der Waals surface area (Å²) in [5, 5.41) is 4.81. The molecule has 0 amide bonds. The van der Waals surface area contributed by atoms with Gasteiger partial charge in [-0.3, -0.25) is 4.98 Å². The first-order valence-corrected chi connectivity index (χ1v) is 8.69. The predicted octanol–water partition coefficient (Wildman–Crippen LogP) is 3.04. The van der Waals surface area contributed by atoms with Gasteiger partial charge in [-0.2, -0.15) is 15.0 Å². The minimum atomic E-state index is 0.234. The van der Waals surface area contributed by atoms with Crippen molar-refractivity contribution in [1.82, 2.24) is 30.1 Å². The van der Waals surface area contributed by atoms with Gasteiger partial charge in [0, 0.05) is 18.0 Å². The van der Waals surface area contributed by atoms with Crippen molar-refractivity contribution >= 4 is 11.3 Å². The fourth-order valence-electron chi connectivity index (χ4n) is 2.33. The lowest BCUT2D eigenvalue weighted by Gasteiger charge is -2.03. The van der Waals surface area contributed by atoms with Crippen molar-refractivity contribution in [2.45, 2.75) is 6.92 Å². The smallest absolute Gasteiger partial charge is 0.270 e. The van der Waals surface area contributed by atoms with Crippen LogP contribution < -0.4 is 9.47 Å². The standard InChI is InChI=1S/C17H14N6O3S/c1-9-13(27-17(19-9)10-5-4-6-18-8-10)16-22-15(23-26-16)14-20-11(24-2)7-12(21-14)25-3/h4-8H,1-3H3. The quantitative estimate of drug-likeness (QED) is 0.514. The minimum Gasteiger partial charge on any atom is -0.481 e. The molecule has 0 bridgehead atoms. The van der Waals surface area contributed by atoms with E-state index >= 15 is 0 Å². The number of nitrogens with zero attached hydrogens (tertiary/aromatic N) is 6. The zero-order valence-electron chi connectivity index (χ0n) is 14.7. The Labute approximate surface area is 158 Å². The lowest BCUT2D eigenvalue weighted by atomic mass is 10.3. The molecule has 0 aliphatic carbocycles. The topological polar surface area (TPSA) is 109 Å². The summed E-state index contributed by atoms with van der Waals surface area (Å²) in [5.41, 5.74) is 1.72. The molecule has 0 aliphatic rings. The fourth-order valence-corrected chi connectivity index (χ4v) is 3.31. The molecule has 0 spiro atoms. The third-order valence-corrected chi connectivity index (χ3v) is 4.82. The Morgan fingerprint density at radius 1 is 1.00 bits per heavy atom. The molecule has 4 aromatic heterocycles. The summed E-state index contributed by atoms with van der Waals surface area (Å²) in [6.07, 6.45) is 3.48. The van der Waals surface area contributed by atoms with Crippen molar-refractivity contribution in [3.8, 4) is 44.7 Å². The van der Waals surface area contributed by atoms with Crippen LogP contribution in [0.5, 0.6) is 11.8 Å². The molecule has 4 rings (SSSR count). The maximum Gasteiger partial charge on any atom is 0.270 e. The highest BCUT2D eigenvalue weighted by Gasteiger charge is 2.20. The lowest BCUT2D eigenvalue weighted by molar-refractivity contribution is 0.372. The highest BCUT2D eigenvalue weighted by atomic mass is 32.1. The van der Waals surface area contributed by atoms with Crippen LogP contribution >= 0.6 is 11.3 Å². The monoisotopic (exact) mass is 382 g/mol. The molecule has 0 fully saturated rings. The number of aromatic nitrogens is 6. The SMILES string of the molecule is COc1cc(OC)nc(-c2noc(-c3sc(-c4cccnc4)nc3C)n2)n1. The van der Waals surface area contributed by atoms with E-state index in [2.05, 4.69) is 30.1 Å². The average Bonchev–Trinajstić information content (AvgIpc) is 3.35. The summed E-state index contributed by atoms with van der Waals surface area (Å²) in [7, 11) is 3.02. The highest BCUT2D eigenvalue weighted by molar-refractivity contribution is 7.18. The normalized spacial score (nSPS) is 10.8. The molecule has 0 unspecified atom stereocenters. The molecule has 0 saturated heterocycles. The predicted molar refractivity (Wildman–Crippen MR) is 97.5 cm³/mol. The summed E-state index contributed by atoms with van der Waals surface area (Å²) in [6, 6.07) is 5.38. The summed E-state index contributed by atoms with van der Waals surface area (Å²) in [6.45, 7) is 1.89. The van der Waals surface area contributed by atoms with Crippen LogP contribution in [0.25, 0.3) is 33.0 Å². The van der Waals surface area contributed by atoms with Crippen molar-refractivity contribution in [3.05, 3.63) is 36.3 Å². The maximum absolute atomic E-state index is 5.41. The molecule has 136 valence electrons. The first-order valence-electron chi connectivity index (χ1n) is 7.87. The van der Waals surface area contributed by atoms with Crippen LogP contribution in [-0.2, 0) is 0 Å². The molecular weight excluding hydrogens is 368 g/mol. The first kappa shape index (κ1) is 17.0. The van der Waals surface area contributed by atoms with E-state index in [4.69, 9.17) is 14.0 Å². The van der Waals surface area contributed by atoms with Gasteiger partial charge in [-0.15, -0.1) is 11.3 Å². The summed E-state index contributed by atoms with van der Waals surface area (Å²) < 4.78 is 15.7. The molecule has 0 saturated carbocycles. The number of rotatable bonds is 5. The molecule has 27 heavy (non-hydrogen) atoms. The summed E-state index contributed by atoms with van der Waals surface area (Å²) in [4.78, 5) is 22.4. The van der Waals surface area contributed by atoms with Crippen LogP contribution in [-0.4, -0.2) is 44.3 Å². The number of pyridine rings is 1. The second kappa shape index (κ2) is 7.08. The first-order chi connectivity index (χ1) is 13.2. The Bertz CT molecular complexity index is 1060. The van der Waals surface area contributed by atoms with E-state index in [1.807, 2.05) is 19.1 Å². The molecule has 0 N–H and O–H groups in total. The van der Waals surface area contributed by atoms with E-state index in [1.54, 1.807) is 18.5 Å². The zero-order valence-corrected chi connectivity index (χ0v) is 15.5. The number of hydrogen-bond acceptors (Lipinski definition) is 10. The van der Waals surface area contributed by atoms with Crippen LogP contribution in [0.4, 0.5) is 0 Å². The molecule has 9 nitrogen and oxygen atoms in total. The number of methoxy groups -OCH3 is 2. The van der Waals surface area contributed by atoms with E-state index < -0.39 is 0 Å². The molecular formula is C17H14N6O3S. The van der Waals surface area contributed by atoms with Crippen molar-refractivity contribution in [2.24, 2.45) is 0 Å². The fraction of sp³-hybridized carbons (Fsp3) is 0.176. The van der Waals surface area contributed by atoms with Gasteiger partial charge in [0.05, 0.1) is 26.0 Å². The molecule has 0 atom stereocenters. The van der Waals surface area contributed by atoms with Gasteiger partial charge in [-0.1, -0.05) is 5.16 Å². The van der Waals surface area contributed by atoms with E-state index in [1.165, 1.54) is 25.6 Å². The van der Waals surface area contributed by atoms with Crippen LogP contribution in [0, 0.1) is 6.92 Å². The van der Waals surface area contributed by atoms with Crippen molar-refractivity contribution < 1.29 is 14.0 Å². The molecule has 0 aromatic carbocycles. The number of aryl methyl sites for hydroxylation is 1. The zero-order chi connectivity index (χ0) is 18.8. The van der Waals surface area contributed by atoms with E-state index in [0.717, 1.165) is 21.1 Å². The summed E-state index contributed by atoms with van der Waals surface area (Å²) in [5.74, 6) is 1.52. The van der Waals surface area contributed by atoms with Gasteiger partial charge in [-0.25, -0.2) is 4.98 Å². The maximum atomic E-state index is 5.41. The average molecular weight is 382 g/mol. The van der Waals surface area contributed by atoms with Gasteiger partial charge in [-0.05, 0) is 19.1 Å². The third-order valence-electron chi connectivity index (χ3n) is 3.62. The van der Waals surface area contributed by atoms with Gasteiger partial charge in [0.25, 0.3) is 5.89 Å². The Balaban J connectivity index is 1.71. The van der Waals surface area contributed by atoms with Crippen LogP contribution in [0.15, 0.2) is 35.1 Å². The summed E-state index contributed by atoms with van der Waals surface area (Å²) >= 11 is 1.45. The highest BCUT2D eigenvalue weighted by Crippen LogP contribution is 2.34. The van der Waals surface area contributed by atoms with Gasteiger partial charge in [0.15, 0.2) is 0 Å². The molecule has 0 radical (unpaired) electrons. The van der Waals surface area contributed by atoms with Crippen LogP contribution in [0.2, 0.25) is 0 Å². The van der Waals surface area contributed by atoms with Crippen molar-refractivity contribution in [2.75, 3.05) is 14.2 Å². The Kier molecular flexibility index (Phi) is 4.47. The van der Waals surface area contributed by atoms with E-state index in [0.29, 0.717) is 17.7 Å². The largest absolute Gasteiger partial charge is 0.481 e. The second-order valence-corrected chi connectivity index (χ2v) is 6.37. The Hall–Kier alpha value is -3.40. The van der Waals surface area contributed by atoms with Gasteiger partial charge in [0.2, 0.25) is 23.4 Å². The van der Waals surface area contributed by atoms with Crippen molar-refractivity contribution in [1.29, 1.82) is 0 Å². The molecule has 4 aromatic rings. The van der Waals surface area contributed by atoms with Crippen molar-refractivity contribution in [3.63, 3.8) is 0 Å². The minimum absolute atomic E-state index is 0.234. The van der Waals surface area contributed by atoms with Gasteiger partial charge >= 0.3 is 0 Å². The van der Waals surface area contributed by atoms with Gasteiger partial charge in [0.1, 0.15) is 9.88 Å². The Morgan fingerprint density at radius 3 is 2.44 bits per heavy atom. The number of ether oxygens (including phenoxy) is 2. The number of hydrogen-bond donors (Lipinski definition) is 0. The molecule has 0 aliphatic heterocycles. The second-order valence-electron chi connectivity index (χ2n) is 5.37. The number of thiazole rings is 1. The van der Waals surface area contributed by atoms with Gasteiger partial charge < -0.3 is 14.0 Å². The Morgan fingerprint density at radius 2 is 1.78 bits per heavy atom. The van der Waals surface area contributed by atoms with Crippen LogP contribution in [0.1, 0.15) is 5.69 Å². The molecule has 4 heterocycles. The third kappa shape index (κ3) is 3.34. The van der Waals surface area contributed by atoms with E-state index in [9.17, 15) is 0 Å². The lowest BCUT2D eigenvalue weighted by Crippen LogP contribution is -1.98. The van der Waals surface area contributed by atoms with Crippen LogP contribution in [0.3, 0.4) is 0 Å². The molecule has 10 heteroatoms.